The van der Waals surface area contributed by atoms with Gasteiger partial charge in [0.05, 0.1) is 18.4 Å². The lowest BCUT2D eigenvalue weighted by Gasteiger charge is -2.40. The second-order valence-corrected chi connectivity index (χ2v) is 11.6. The maximum Gasteiger partial charge on any atom is 0.410 e. The van der Waals surface area contributed by atoms with Crippen LogP contribution in [-0.4, -0.2) is 60.9 Å². The molecule has 1 aliphatic heterocycles. The van der Waals surface area contributed by atoms with Gasteiger partial charge < -0.3 is 19.7 Å². The van der Waals surface area contributed by atoms with Crippen LogP contribution in [0.2, 0.25) is 0 Å². The predicted molar refractivity (Wildman–Crippen MR) is 130 cm³/mol. The largest absolute Gasteiger partial charge is 0.444 e. The van der Waals surface area contributed by atoms with Crippen LogP contribution in [0.5, 0.6) is 0 Å². The zero-order valence-electron chi connectivity index (χ0n) is 20.3. The number of ether oxygens (including phenoxy) is 2. The van der Waals surface area contributed by atoms with Crippen LogP contribution in [0.15, 0.2) is 42.1 Å². The lowest BCUT2D eigenvalue weighted by molar-refractivity contribution is -0.0417. The minimum Gasteiger partial charge on any atom is -0.444 e. The average molecular weight is 491 g/mol. The van der Waals surface area contributed by atoms with Gasteiger partial charge in [0.2, 0.25) is 5.95 Å². The number of likely N-dealkylation sites (tertiary alicyclic amines) is 1. The summed E-state index contributed by atoms with van der Waals surface area (Å²) in [5, 5.41) is 2.98. The number of aromatic nitrogens is 2. The second kappa shape index (κ2) is 10.3. The lowest BCUT2D eigenvalue weighted by atomic mass is 9.94. The molecular weight excluding hydrogens is 456 g/mol. The van der Waals surface area contributed by atoms with E-state index in [0.29, 0.717) is 43.1 Å². The first kappa shape index (κ1) is 25.9. The molecule has 0 saturated carbocycles. The van der Waals surface area contributed by atoms with E-state index in [0.717, 1.165) is 19.1 Å². The molecule has 9 nitrogen and oxygen atoms in total. The minimum atomic E-state index is -3.57. The summed E-state index contributed by atoms with van der Waals surface area (Å²) in [5.41, 5.74) is 1.18. The van der Waals surface area contributed by atoms with Crippen LogP contribution >= 0.6 is 0 Å². The second-order valence-electron chi connectivity index (χ2n) is 9.70. The van der Waals surface area contributed by atoms with E-state index in [1.165, 1.54) is 0 Å². The highest BCUT2D eigenvalue weighted by atomic mass is 32.2. The minimum absolute atomic E-state index is 0.0218. The lowest BCUT2D eigenvalue weighted by Crippen LogP contribution is -2.53. The van der Waals surface area contributed by atoms with Gasteiger partial charge in [0.15, 0.2) is 14.9 Å². The number of rotatable bonds is 8. The maximum absolute atomic E-state index is 12.5. The molecule has 1 atom stereocenters. The topological polar surface area (TPSA) is 111 Å². The number of carbonyl (C=O) groups is 1. The van der Waals surface area contributed by atoms with Crippen molar-refractivity contribution in [2.75, 3.05) is 31.3 Å². The SMILES string of the molecule is C=C/C=C\C(=C)Nc1nc2c(c(S(C)(=O)=O)n1)CCC[C@@H]2OCC1CN(C(=O)OC(C)(C)C)C1. The molecular formula is C24H34N4O5S. The molecule has 10 heteroatoms. The van der Waals surface area contributed by atoms with Crippen LogP contribution in [-0.2, 0) is 25.7 Å². The van der Waals surface area contributed by atoms with E-state index in [-0.39, 0.29) is 29.1 Å². The zero-order chi connectivity index (χ0) is 25.1. The first-order valence-electron chi connectivity index (χ1n) is 11.3. The van der Waals surface area contributed by atoms with Crippen LogP contribution in [0.4, 0.5) is 10.7 Å². The molecule has 3 rings (SSSR count). The highest BCUT2D eigenvalue weighted by molar-refractivity contribution is 7.90. The summed E-state index contributed by atoms with van der Waals surface area (Å²) in [6.07, 6.45) is 7.57. The van der Waals surface area contributed by atoms with Crippen molar-refractivity contribution in [3.63, 3.8) is 0 Å². The molecule has 1 fully saturated rings. The Kier molecular flexibility index (Phi) is 7.82. The molecule has 1 amide bonds. The van der Waals surface area contributed by atoms with Gasteiger partial charge >= 0.3 is 6.09 Å². The van der Waals surface area contributed by atoms with E-state index < -0.39 is 15.4 Å². The van der Waals surface area contributed by atoms with E-state index in [1.807, 2.05) is 20.8 Å². The molecule has 0 aromatic carbocycles. The van der Waals surface area contributed by atoms with Gasteiger partial charge in [-0.25, -0.2) is 23.2 Å². The van der Waals surface area contributed by atoms with Gasteiger partial charge in [-0.15, -0.1) is 0 Å². The summed E-state index contributed by atoms with van der Waals surface area (Å²) in [5.74, 6) is 0.351. The van der Waals surface area contributed by atoms with Gasteiger partial charge in [-0.05, 0) is 46.1 Å². The Morgan fingerprint density at radius 2 is 2.00 bits per heavy atom. The van der Waals surface area contributed by atoms with E-state index in [2.05, 4.69) is 28.4 Å². The van der Waals surface area contributed by atoms with E-state index in [1.54, 1.807) is 23.1 Å². The summed E-state index contributed by atoms with van der Waals surface area (Å²) in [4.78, 5) is 22.7. The first-order chi connectivity index (χ1) is 15.9. The Balaban J connectivity index is 1.72. The third-order valence-corrected chi connectivity index (χ3v) is 6.44. The molecule has 0 spiro atoms. The molecule has 0 radical (unpaired) electrons. The molecule has 1 aromatic rings. The van der Waals surface area contributed by atoms with Crippen molar-refractivity contribution >= 4 is 21.9 Å². The number of nitrogens with one attached hydrogen (secondary N) is 1. The van der Waals surface area contributed by atoms with E-state index in [9.17, 15) is 13.2 Å². The van der Waals surface area contributed by atoms with Crippen LogP contribution in [0.3, 0.4) is 0 Å². The Morgan fingerprint density at radius 3 is 2.62 bits per heavy atom. The fourth-order valence-corrected chi connectivity index (χ4v) is 4.79. The van der Waals surface area contributed by atoms with Gasteiger partial charge in [-0.1, -0.05) is 25.3 Å². The normalized spacial score (nSPS) is 18.8. The monoisotopic (exact) mass is 490 g/mol. The fraction of sp³-hybridized carbons (Fsp3) is 0.542. The molecule has 1 aliphatic carbocycles. The zero-order valence-corrected chi connectivity index (χ0v) is 21.2. The van der Waals surface area contributed by atoms with Crippen molar-refractivity contribution < 1.29 is 22.7 Å². The average Bonchev–Trinajstić information content (AvgIpc) is 2.68. The summed E-state index contributed by atoms with van der Waals surface area (Å²) < 4.78 is 36.6. The van der Waals surface area contributed by atoms with Crippen LogP contribution in [0, 0.1) is 5.92 Å². The number of nitrogens with zero attached hydrogens (tertiary/aromatic N) is 3. The molecule has 2 aliphatic rings. The predicted octanol–water partition coefficient (Wildman–Crippen LogP) is 3.81. The molecule has 1 aromatic heterocycles. The van der Waals surface area contributed by atoms with Crippen LogP contribution in [0.1, 0.15) is 51.0 Å². The summed E-state index contributed by atoms with van der Waals surface area (Å²) in [6, 6.07) is 0. The van der Waals surface area contributed by atoms with Crippen molar-refractivity contribution in [1.82, 2.24) is 14.9 Å². The Morgan fingerprint density at radius 1 is 1.29 bits per heavy atom. The standard InChI is InChI=1S/C24H34N4O5S/c1-7-8-10-16(2)25-22-26-20-18(21(27-22)34(6,30)31)11-9-12-19(20)32-15-17-13-28(14-17)23(29)33-24(3,4)5/h7-8,10,17,19H,1-2,9,11-15H2,3-6H3,(H,25,26,27)/b10-8-/t19-/m0/s1. The number of hydrogen-bond acceptors (Lipinski definition) is 8. The number of fused-ring (bicyclic) bond motifs is 1. The van der Waals surface area contributed by atoms with Crippen molar-refractivity contribution in [2.24, 2.45) is 5.92 Å². The summed E-state index contributed by atoms with van der Waals surface area (Å²) in [7, 11) is -3.57. The van der Waals surface area contributed by atoms with Gasteiger partial charge in [-0.2, -0.15) is 0 Å². The fourth-order valence-electron chi connectivity index (χ4n) is 3.88. The molecule has 0 bridgehead atoms. The highest BCUT2D eigenvalue weighted by Gasteiger charge is 2.36. The first-order valence-corrected chi connectivity index (χ1v) is 13.2. The number of allylic oxidation sites excluding steroid dienone is 3. The number of hydrogen-bond donors (Lipinski definition) is 1. The van der Waals surface area contributed by atoms with Crippen LogP contribution in [0.25, 0.3) is 0 Å². The van der Waals surface area contributed by atoms with Crippen molar-refractivity contribution in [3.8, 4) is 0 Å². The molecule has 34 heavy (non-hydrogen) atoms. The third kappa shape index (κ3) is 6.66. The Hall–Kier alpha value is -2.72. The van der Waals surface area contributed by atoms with Crippen LogP contribution < -0.4 is 5.32 Å². The smallest absolute Gasteiger partial charge is 0.410 e. The number of sulfone groups is 1. The number of anilines is 1. The van der Waals surface area contributed by atoms with Crippen molar-refractivity contribution in [3.05, 3.63) is 48.3 Å². The molecule has 2 heterocycles. The molecule has 0 unspecified atom stereocenters. The van der Waals surface area contributed by atoms with Gasteiger partial charge in [0, 0.05) is 36.5 Å². The van der Waals surface area contributed by atoms with Gasteiger partial charge in [0.25, 0.3) is 0 Å². The Labute approximate surface area is 201 Å². The van der Waals surface area contributed by atoms with Crippen molar-refractivity contribution in [1.29, 1.82) is 0 Å². The molecule has 1 N–H and O–H groups in total. The van der Waals surface area contributed by atoms with E-state index >= 15 is 0 Å². The van der Waals surface area contributed by atoms with E-state index in [4.69, 9.17) is 9.47 Å². The molecule has 186 valence electrons. The molecule has 1 saturated heterocycles. The number of carbonyl (C=O) groups excluding carboxylic acids is 1. The van der Waals surface area contributed by atoms with Gasteiger partial charge in [-0.3, -0.25) is 0 Å². The third-order valence-electron chi connectivity index (χ3n) is 5.40. The van der Waals surface area contributed by atoms with Gasteiger partial charge in [0.1, 0.15) is 5.60 Å². The summed E-state index contributed by atoms with van der Waals surface area (Å²) >= 11 is 0. The summed E-state index contributed by atoms with van der Waals surface area (Å²) in [6.45, 7) is 14.6. The van der Waals surface area contributed by atoms with Crippen molar-refractivity contribution in [2.45, 2.75) is 56.8 Å². The highest BCUT2D eigenvalue weighted by Crippen LogP contribution is 2.36. The number of amides is 1. The quantitative estimate of drug-likeness (QED) is 0.433. The maximum atomic E-state index is 12.5. The Bertz CT molecular complexity index is 1090.